The molecule has 1 fully saturated rings. The minimum Gasteiger partial charge on any atom is -0.265 e. The molecule has 4 heteroatoms. The van der Waals surface area contributed by atoms with E-state index in [2.05, 4.69) is 16.0 Å². The van der Waals surface area contributed by atoms with Gasteiger partial charge in [-0.25, -0.2) is 4.98 Å². The quantitative estimate of drug-likeness (QED) is 0.811. The van der Waals surface area contributed by atoms with Crippen molar-refractivity contribution in [3.05, 3.63) is 35.1 Å². The van der Waals surface area contributed by atoms with Crippen LogP contribution in [0.1, 0.15) is 23.4 Å². The summed E-state index contributed by atoms with van der Waals surface area (Å²) in [7, 11) is 0. The molecule has 0 saturated heterocycles. The zero-order valence-corrected chi connectivity index (χ0v) is 10.3. The average molecular weight is 241 g/mol. The summed E-state index contributed by atoms with van der Waals surface area (Å²) in [4.78, 5) is 9.72. The second-order valence-electron chi connectivity index (χ2n) is 4.36. The Morgan fingerprint density at radius 2 is 2.06 bits per heavy atom. The van der Waals surface area contributed by atoms with Crippen LogP contribution in [0.5, 0.6) is 0 Å². The second-order valence-corrected chi connectivity index (χ2v) is 5.36. The third-order valence-electron chi connectivity index (χ3n) is 3.12. The first-order valence-electron chi connectivity index (χ1n) is 5.55. The van der Waals surface area contributed by atoms with Crippen LogP contribution in [-0.4, -0.2) is 9.97 Å². The van der Waals surface area contributed by atoms with Gasteiger partial charge in [0, 0.05) is 22.8 Å². The predicted molar refractivity (Wildman–Crippen MR) is 66.6 cm³/mol. The summed E-state index contributed by atoms with van der Waals surface area (Å²) in [6.07, 6.45) is 5.48. The van der Waals surface area contributed by atoms with Gasteiger partial charge < -0.3 is 0 Å². The highest BCUT2D eigenvalue weighted by Crippen LogP contribution is 2.51. The summed E-state index contributed by atoms with van der Waals surface area (Å²) < 4.78 is 0. The lowest BCUT2D eigenvalue weighted by atomic mass is 10.1. The number of rotatable bonds is 2. The first kappa shape index (κ1) is 10.4. The molecule has 0 N–H and O–H groups in total. The summed E-state index contributed by atoms with van der Waals surface area (Å²) in [6, 6.07) is 6.34. The number of thiazole rings is 1. The molecule has 0 aromatic carbocycles. The molecule has 0 unspecified atom stereocenters. The van der Waals surface area contributed by atoms with Crippen molar-refractivity contribution < 1.29 is 0 Å². The number of nitrogens with zero attached hydrogens (tertiary/aromatic N) is 3. The van der Waals surface area contributed by atoms with Crippen LogP contribution in [0.15, 0.2) is 24.5 Å². The van der Waals surface area contributed by atoms with Gasteiger partial charge in [-0.3, -0.25) is 4.98 Å². The van der Waals surface area contributed by atoms with E-state index in [-0.39, 0.29) is 5.41 Å². The molecule has 2 heterocycles. The maximum Gasteiger partial charge on any atom is 0.124 e. The minimum absolute atomic E-state index is 0.229. The zero-order chi connectivity index (χ0) is 11.9. The number of aryl methyl sites for hydroxylation is 1. The van der Waals surface area contributed by atoms with E-state index in [1.54, 1.807) is 23.7 Å². The van der Waals surface area contributed by atoms with Crippen LogP contribution in [0, 0.1) is 18.3 Å². The van der Waals surface area contributed by atoms with Crippen LogP contribution in [0.4, 0.5) is 0 Å². The molecule has 1 aliphatic rings. The Labute approximate surface area is 104 Å². The molecule has 2 aromatic rings. The van der Waals surface area contributed by atoms with Crippen LogP contribution in [0.2, 0.25) is 0 Å². The lowest BCUT2D eigenvalue weighted by Crippen LogP contribution is -2.01. The van der Waals surface area contributed by atoms with Crippen molar-refractivity contribution in [2.45, 2.75) is 25.2 Å². The summed E-state index contributed by atoms with van der Waals surface area (Å²) in [6.45, 7) is 1.99. The predicted octanol–water partition coefficient (Wildman–Crippen LogP) is 3.07. The summed E-state index contributed by atoms with van der Waals surface area (Å²) in [5.41, 5.74) is 1.85. The first-order valence-corrected chi connectivity index (χ1v) is 6.36. The van der Waals surface area contributed by atoms with Gasteiger partial charge in [0.05, 0.1) is 17.2 Å². The van der Waals surface area contributed by atoms with Gasteiger partial charge in [0.2, 0.25) is 0 Å². The van der Waals surface area contributed by atoms with Gasteiger partial charge >= 0.3 is 0 Å². The van der Waals surface area contributed by atoms with E-state index in [1.807, 2.05) is 19.1 Å². The Morgan fingerprint density at radius 3 is 2.65 bits per heavy atom. The third kappa shape index (κ3) is 1.63. The SMILES string of the molecule is Cc1nc(-c2ccncc2)sc1C1(C#N)CC1. The Balaban J connectivity index is 2.06. The molecule has 0 spiro atoms. The standard InChI is InChI=1S/C13H11N3S/c1-9-11(13(8-14)4-5-13)17-12(16-9)10-2-6-15-7-3-10/h2-3,6-7H,4-5H2,1H3. The Bertz CT molecular complexity index is 591. The van der Waals surface area contributed by atoms with E-state index >= 15 is 0 Å². The first-order chi connectivity index (χ1) is 8.25. The number of aromatic nitrogens is 2. The summed E-state index contributed by atoms with van der Waals surface area (Å²) >= 11 is 1.65. The highest BCUT2D eigenvalue weighted by Gasteiger charge is 2.47. The van der Waals surface area contributed by atoms with Crippen molar-refractivity contribution >= 4 is 11.3 Å². The Kier molecular flexibility index (Phi) is 2.23. The van der Waals surface area contributed by atoms with Crippen molar-refractivity contribution in [1.29, 1.82) is 5.26 Å². The third-order valence-corrected chi connectivity index (χ3v) is 4.53. The van der Waals surface area contributed by atoms with Gasteiger partial charge in [-0.05, 0) is 31.9 Å². The van der Waals surface area contributed by atoms with Crippen LogP contribution in [-0.2, 0) is 5.41 Å². The Morgan fingerprint density at radius 1 is 1.35 bits per heavy atom. The van der Waals surface area contributed by atoms with Gasteiger partial charge in [0.25, 0.3) is 0 Å². The zero-order valence-electron chi connectivity index (χ0n) is 9.47. The summed E-state index contributed by atoms with van der Waals surface area (Å²) in [5, 5.41) is 10.2. The molecular weight excluding hydrogens is 230 g/mol. The molecule has 0 radical (unpaired) electrons. The fourth-order valence-corrected chi connectivity index (χ4v) is 3.24. The molecule has 1 aliphatic carbocycles. The lowest BCUT2D eigenvalue weighted by Gasteiger charge is -2.00. The van der Waals surface area contributed by atoms with E-state index in [0.29, 0.717) is 0 Å². The molecule has 17 heavy (non-hydrogen) atoms. The van der Waals surface area contributed by atoms with E-state index in [1.165, 1.54) is 0 Å². The molecule has 0 aliphatic heterocycles. The number of pyridine rings is 1. The highest BCUT2D eigenvalue weighted by atomic mass is 32.1. The van der Waals surface area contributed by atoms with Crippen molar-refractivity contribution in [1.82, 2.24) is 9.97 Å². The normalized spacial score (nSPS) is 16.5. The molecule has 0 bridgehead atoms. The maximum absolute atomic E-state index is 9.23. The largest absolute Gasteiger partial charge is 0.265 e. The Hall–Kier alpha value is -1.73. The smallest absolute Gasteiger partial charge is 0.124 e. The molecule has 0 amide bonds. The van der Waals surface area contributed by atoms with Crippen LogP contribution < -0.4 is 0 Å². The fraction of sp³-hybridized carbons (Fsp3) is 0.308. The van der Waals surface area contributed by atoms with Gasteiger partial charge in [-0.2, -0.15) is 5.26 Å². The van der Waals surface area contributed by atoms with Crippen LogP contribution in [0.25, 0.3) is 10.6 Å². The molecule has 2 aromatic heterocycles. The molecule has 0 atom stereocenters. The van der Waals surface area contributed by atoms with E-state index in [0.717, 1.165) is 34.0 Å². The average Bonchev–Trinajstić information content (AvgIpc) is 3.07. The molecule has 3 nitrogen and oxygen atoms in total. The van der Waals surface area contributed by atoms with Crippen molar-refractivity contribution in [2.24, 2.45) is 0 Å². The van der Waals surface area contributed by atoms with Gasteiger partial charge in [0.15, 0.2) is 0 Å². The summed E-state index contributed by atoms with van der Waals surface area (Å²) in [5.74, 6) is 0. The monoisotopic (exact) mass is 241 g/mol. The van der Waals surface area contributed by atoms with Gasteiger partial charge in [-0.15, -0.1) is 11.3 Å². The van der Waals surface area contributed by atoms with Crippen molar-refractivity contribution in [2.75, 3.05) is 0 Å². The number of hydrogen-bond acceptors (Lipinski definition) is 4. The van der Waals surface area contributed by atoms with Crippen molar-refractivity contribution in [3.63, 3.8) is 0 Å². The highest BCUT2D eigenvalue weighted by molar-refractivity contribution is 7.15. The van der Waals surface area contributed by atoms with Crippen LogP contribution in [0.3, 0.4) is 0 Å². The fourth-order valence-electron chi connectivity index (χ4n) is 1.97. The van der Waals surface area contributed by atoms with Gasteiger partial charge in [-0.1, -0.05) is 0 Å². The maximum atomic E-state index is 9.23. The molecule has 84 valence electrons. The van der Waals surface area contributed by atoms with Gasteiger partial charge in [0.1, 0.15) is 5.01 Å². The van der Waals surface area contributed by atoms with E-state index in [4.69, 9.17) is 0 Å². The second kappa shape index (κ2) is 3.64. The van der Waals surface area contributed by atoms with E-state index in [9.17, 15) is 5.26 Å². The minimum atomic E-state index is -0.229. The topological polar surface area (TPSA) is 49.6 Å². The van der Waals surface area contributed by atoms with E-state index < -0.39 is 0 Å². The number of nitriles is 1. The van der Waals surface area contributed by atoms with Crippen LogP contribution >= 0.6 is 11.3 Å². The lowest BCUT2D eigenvalue weighted by molar-refractivity contribution is 0.914. The number of hydrogen-bond donors (Lipinski definition) is 0. The molecule has 3 rings (SSSR count). The molecular formula is C13H11N3S. The van der Waals surface area contributed by atoms with Crippen molar-refractivity contribution in [3.8, 4) is 16.6 Å². The molecule has 1 saturated carbocycles.